The van der Waals surface area contributed by atoms with E-state index in [0.29, 0.717) is 5.56 Å². The van der Waals surface area contributed by atoms with Crippen LogP contribution in [0.15, 0.2) is 42.5 Å². The number of aromatic hydroxyl groups is 3. The summed E-state index contributed by atoms with van der Waals surface area (Å²) in [6, 6.07) is 8.27. The van der Waals surface area contributed by atoms with Gasteiger partial charge in [-0.3, -0.25) is 4.79 Å². The van der Waals surface area contributed by atoms with Crippen molar-refractivity contribution in [2.45, 2.75) is 37.1 Å². The van der Waals surface area contributed by atoms with E-state index in [2.05, 4.69) is 0 Å². The minimum atomic E-state index is -1.75. The molecule has 30 heavy (non-hydrogen) atoms. The van der Waals surface area contributed by atoms with Gasteiger partial charge in [-0.15, -0.1) is 0 Å². The zero-order chi connectivity index (χ0) is 22.0. The lowest BCUT2D eigenvalue weighted by Gasteiger charge is -2.38. The summed E-state index contributed by atoms with van der Waals surface area (Å²) in [4.78, 5) is 12.2. The minimum Gasteiger partial charge on any atom is -0.508 e. The number of ether oxygens (including phenoxy) is 1. The molecule has 0 aromatic heterocycles. The summed E-state index contributed by atoms with van der Waals surface area (Å²) in [6.07, 6.45) is -5.65. The fourth-order valence-electron chi connectivity index (χ4n) is 3.17. The maximum Gasteiger partial charge on any atom is 0.185 e. The van der Waals surface area contributed by atoms with Crippen LogP contribution in [0, 0.1) is 0 Å². The number of aliphatic hydroxyl groups is 4. The Hall–Kier alpha value is -2.95. The summed E-state index contributed by atoms with van der Waals surface area (Å²) in [7, 11) is 0. The van der Waals surface area contributed by atoms with Crippen molar-refractivity contribution in [2.24, 2.45) is 0 Å². The molecule has 0 spiro atoms. The number of hydrogen-bond donors (Lipinski definition) is 7. The first kappa shape index (κ1) is 21.8. The summed E-state index contributed by atoms with van der Waals surface area (Å²) in [6.45, 7) is 0. The number of phenolic OH excluding ortho intramolecular Hbond substituents is 3. The molecule has 0 unspecified atom stereocenters. The SMILES string of the molecule is O=C(C=Cc1ccc(O)c(C[C@@H]2O[C@H](O)[C@@H](O)[C@H](O)[C@@H]2O)c1O)c1ccc(O)cc1. The van der Waals surface area contributed by atoms with Crippen LogP contribution in [0.1, 0.15) is 21.5 Å². The maximum absolute atomic E-state index is 12.2. The number of carbonyl (C=O) groups excluding carboxylic acids is 1. The second kappa shape index (κ2) is 8.82. The van der Waals surface area contributed by atoms with Gasteiger partial charge in [-0.2, -0.15) is 0 Å². The fourth-order valence-corrected chi connectivity index (χ4v) is 3.17. The topological polar surface area (TPSA) is 168 Å². The standard InChI is InChI=1S/C21H22O9/c22-12-5-1-10(2-6-12)14(23)7-3-11-4-8-15(24)13(17(11)25)9-16-18(26)19(27)20(28)21(29)30-16/h1-8,16,18-22,24-29H,9H2/t16-,18+,19+,20-,21-/m0/s1. The lowest BCUT2D eigenvalue weighted by Crippen LogP contribution is -2.57. The number of carbonyl (C=O) groups is 1. The van der Waals surface area contributed by atoms with Gasteiger partial charge in [0.05, 0.1) is 6.10 Å². The van der Waals surface area contributed by atoms with E-state index in [1.165, 1.54) is 48.6 Å². The first-order valence-corrected chi connectivity index (χ1v) is 9.12. The monoisotopic (exact) mass is 418 g/mol. The van der Waals surface area contributed by atoms with E-state index < -0.39 is 30.7 Å². The molecule has 2 aromatic rings. The minimum absolute atomic E-state index is 0.0197. The normalized spacial score (nSPS) is 26.7. The molecule has 1 heterocycles. The van der Waals surface area contributed by atoms with Crippen molar-refractivity contribution < 1.29 is 45.3 Å². The highest BCUT2D eigenvalue weighted by Crippen LogP contribution is 2.35. The molecule has 0 bridgehead atoms. The van der Waals surface area contributed by atoms with Crippen molar-refractivity contribution in [1.82, 2.24) is 0 Å². The van der Waals surface area contributed by atoms with Gasteiger partial charge in [0.1, 0.15) is 35.6 Å². The highest BCUT2D eigenvalue weighted by molar-refractivity contribution is 6.07. The van der Waals surface area contributed by atoms with E-state index >= 15 is 0 Å². The molecule has 3 rings (SSSR count). The van der Waals surface area contributed by atoms with Gasteiger partial charge >= 0.3 is 0 Å². The van der Waals surface area contributed by atoms with E-state index in [1.54, 1.807) is 0 Å². The number of phenols is 3. The van der Waals surface area contributed by atoms with Gasteiger partial charge in [0.15, 0.2) is 12.1 Å². The third-order valence-electron chi connectivity index (χ3n) is 4.95. The highest BCUT2D eigenvalue weighted by Gasteiger charge is 2.43. The summed E-state index contributed by atoms with van der Waals surface area (Å²) in [5, 5.41) is 69.0. The fraction of sp³-hybridized carbons (Fsp3) is 0.286. The van der Waals surface area contributed by atoms with Gasteiger partial charge in [-0.25, -0.2) is 0 Å². The largest absolute Gasteiger partial charge is 0.508 e. The average Bonchev–Trinajstić information content (AvgIpc) is 2.72. The smallest absolute Gasteiger partial charge is 0.185 e. The molecular weight excluding hydrogens is 396 g/mol. The van der Waals surface area contributed by atoms with Crippen molar-refractivity contribution in [1.29, 1.82) is 0 Å². The lowest BCUT2D eigenvalue weighted by molar-refractivity contribution is -0.281. The van der Waals surface area contributed by atoms with Crippen LogP contribution in [-0.4, -0.2) is 72.2 Å². The molecule has 1 aliphatic heterocycles. The van der Waals surface area contributed by atoms with Crippen molar-refractivity contribution in [2.75, 3.05) is 0 Å². The number of rotatable bonds is 5. The molecule has 160 valence electrons. The van der Waals surface area contributed by atoms with Gasteiger partial charge < -0.3 is 40.5 Å². The van der Waals surface area contributed by atoms with Crippen LogP contribution in [0.3, 0.4) is 0 Å². The first-order valence-electron chi connectivity index (χ1n) is 9.12. The quantitative estimate of drug-likeness (QED) is 0.262. The molecular formula is C21H22O9. The molecule has 9 heteroatoms. The molecule has 0 amide bonds. The summed E-state index contributed by atoms with van der Waals surface area (Å²) in [5.41, 5.74) is 0.484. The van der Waals surface area contributed by atoms with E-state index in [4.69, 9.17) is 4.74 Å². The van der Waals surface area contributed by atoms with Crippen molar-refractivity contribution in [3.63, 3.8) is 0 Å². The number of benzene rings is 2. The van der Waals surface area contributed by atoms with Crippen LogP contribution in [0.4, 0.5) is 0 Å². The first-order chi connectivity index (χ1) is 14.2. The molecule has 0 aliphatic carbocycles. The average molecular weight is 418 g/mol. The molecule has 9 nitrogen and oxygen atoms in total. The van der Waals surface area contributed by atoms with Gasteiger partial charge in [0.2, 0.25) is 0 Å². The van der Waals surface area contributed by atoms with Crippen LogP contribution in [0.25, 0.3) is 6.08 Å². The Kier molecular flexibility index (Phi) is 6.40. The summed E-state index contributed by atoms with van der Waals surface area (Å²) >= 11 is 0. The molecule has 5 atom stereocenters. The van der Waals surface area contributed by atoms with E-state index in [0.717, 1.165) is 0 Å². The van der Waals surface area contributed by atoms with Crippen LogP contribution in [0.5, 0.6) is 17.2 Å². The van der Waals surface area contributed by atoms with E-state index in [-0.39, 0.29) is 40.6 Å². The maximum atomic E-state index is 12.2. The molecule has 0 saturated carbocycles. The molecule has 2 aromatic carbocycles. The van der Waals surface area contributed by atoms with Gasteiger partial charge in [0, 0.05) is 23.1 Å². The molecule has 0 radical (unpaired) electrons. The third-order valence-corrected chi connectivity index (χ3v) is 4.95. The Bertz CT molecular complexity index is 938. The van der Waals surface area contributed by atoms with Gasteiger partial charge in [-0.1, -0.05) is 0 Å². The van der Waals surface area contributed by atoms with Crippen LogP contribution < -0.4 is 0 Å². The predicted molar refractivity (Wildman–Crippen MR) is 104 cm³/mol. The van der Waals surface area contributed by atoms with Crippen molar-refractivity contribution in [3.8, 4) is 17.2 Å². The van der Waals surface area contributed by atoms with Crippen LogP contribution in [0.2, 0.25) is 0 Å². The number of aliphatic hydroxyl groups excluding tert-OH is 4. The van der Waals surface area contributed by atoms with Gasteiger partial charge in [-0.05, 0) is 48.6 Å². The van der Waals surface area contributed by atoms with Crippen molar-refractivity contribution >= 4 is 11.9 Å². The van der Waals surface area contributed by atoms with E-state index in [9.17, 15) is 40.5 Å². The lowest BCUT2D eigenvalue weighted by atomic mass is 9.92. The Morgan fingerprint density at radius 2 is 1.57 bits per heavy atom. The number of allylic oxidation sites excluding steroid dienone is 1. The zero-order valence-corrected chi connectivity index (χ0v) is 15.7. The van der Waals surface area contributed by atoms with Crippen LogP contribution >= 0.6 is 0 Å². The second-order valence-electron chi connectivity index (χ2n) is 6.99. The Morgan fingerprint density at radius 1 is 0.900 bits per heavy atom. The molecule has 1 saturated heterocycles. The molecule has 1 aliphatic rings. The Morgan fingerprint density at radius 3 is 2.23 bits per heavy atom. The number of hydrogen-bond acceptors (Lipinski definition) is 9. The third kappa shape index (κ3) is 4.45. The van der Waals surface area contributed by atoms with Crippen molar-refractivity contribution in [3.05, 3.63) is 59.2 Å². The Labute approximate surface area is 171 Å². The van der Waals surface area contributed by atoms with Crippen LogP contribution in [-0.2, 0) is 11.2 Å². The zero-order valence-electron chi connectivity index (χ0n) is 15.7. The summed E-state index contributed by atoms with van der Waals surface area (Å²) in [5.74, 6) is -1.06. The highest BCUT2D eigenvalue weighted by atomic mass is 16.6. The van der Waals surface area contributed by atoms with E-state index in [1.807, 2.05) is 0 Å². The number of ketones is 1. The molecule has 1 fully saturated rings. The summed E-state index contributed by atoms with van der Waals surface area (Å²) < 4.78 is 5.08. The second-order valence-corrected chi connectivity index (χ2v) is 6.99. The Balaban J connectivity index is 1.81. The molecule has 7 N–H and O–H groups in total. The van der Waals surface area contributed by atoms with Gasteiger partial charge in [0.25, 0.3) is 0 Å². The predicted octanol–water partition coefficient (Wildman–Crippen LogP) is 0.0419.